The minimum absolute atomic E-state index is 0.0746. The lowest BCUT2D eigenvalue weighted by Crippen LogP contribution is -2.47. The lowest BCUT2D eigenvalue weighted by molar-refractivity contribution is -0.217. The topological polar surface area (TPSA) is 46.5 Å². The van der Waals surface area contributed by atoms with Crippen molar-refractivity contribution < 1.29 is 27.8 Å². The molecule has 0 amide bonds. The number of ether oxygens (including phenoxy) is 1. The molecule has 7 heteroatoms. The third kappa shape index (κ3) is 2.54. The van der Waals surface area contributed by atoms with Crippen LogP contribution >= 0.6 is 11.6 Å². The van der Waals surface area contributed by atoms with Gasteiger partial charge in [0.15, 0.2) is 0 Å². The fourth-order valence-corrected chi connectivity index (χ4v) is 2.35. The Kier molecular flexibility index (Phi) is 3.57. The summed E-state index contributed by atoms with van der Waals surface area (Å²) in [5.41, 5.74) is 0.337. The molecule has 0 unspecified atom stereocenters. The molecule has 2 rings (SSSR count). The van der Waals surface area contributed by atoms with E-state index in [1.54, 1.807) is 0 Å². The Balaban J connectivity index is 2.54. The van der Waals surface area contributed by atoms with Gasteiger partial charge < -0.3 is 9.84 Å². The van der Waals surface area contributed by atoms with Crippen molar-refractivity contribution in [3.8, 4) is 18.1 Å². The lowest BCUT2D eigenvalue weighted by atomic mass is 9.89. The van der Waals surface area contributed by atoms with Crippen LogP contribution in [0, 0.1) is 18.3 Å². The normalized spacial score (nSPS) is 21.6. The minimum atomic E-state index is -4.80. The molecule has 20 heavy (non-hydrogen) atoms. The molecule has 0 bridgehead atoms. The van der Waals surface area contributed by atoms with Crippen LogP contribution in [0.3, 0.4) is 0 Å². The number of carboxylic acids is 1. The van der Waals surface area contributed by atoms with Gasteiger partial charge in [0.05, 0.1) is 5.56 Å². The molecule has 1 aromatic rings. The summed E-state index contributed by atoms with van der Waals surface area (Å²) in [6.45, 7) is 0. The summed E-state index contributed by atoms with van der Waals surface area (Å²) in [5, 5.41) is 9.16. The number of hydrogen-bond donors (Lipinski definition) is 1. The predicted molar refractivity (Wildman–Crippen MR) is 64.7 cm³/mol. The van der Waals surface area contributed by atoms with Crippen molar-refractivity contribution in [2.75, 3.05) is 0 Å². The maximum absolute atomic E-state index is 12.9. The second-order valence-electron chi connectivity index (χ2n) is 4.31. The summed E-state index contributed by atoms with van der Waals surface area (Å²) in [4.78, 5) is 11.0. The van der Waals surface area contributed by atoms with Gasteiger partial charge in [-0.25, -0.2) is 0 Å². The van der Waals surface area contributed by atoms with Crippen molar-refractivity contribution in [3.63, 3.8) is 0 Å². The van der Waals surface area contributed by atoms with Gasteiger partial charge in [-0.2, -0.15) is 13.2 Å². The minimum Gasteiger partial charge on any atom is -0.481 e. The zero-order valence-corrected chi connectivity index (χ0v) is 10.6. The highest BCUT2D eigenvalue weighted by Crippen LogP contribution is 2.41. The number of rotatable bonds is 1. The molecule has 3 nitrogen and oxygen atoms in total. The Hall–Kier alpha value is -1.87. The van der Waals surface area contributed by atoms with Gasteiger partial charge in [0.1, 0.15) is 11.7 Å². The average molecular weight is 305 g/mol. The highest BCUT2D eigenvalue weighted by atomic mass is 35.5. The first-order valence-corrected chi connectivity index (χ1v) is 5.87. The largest absolute Gasteiger partial charge is 0.481 e. The van der Waals surface area contributed by atoms with E-state index in [2.05, 4.69) is 5.92 Å². The third-order valence-electron chi connectivity index (χ3n) is 2.98. The van der Waals surface area contributed by atoms with E-state index in [1.165, 1.54) is 12.1 Å². The number of carbonyl (C=O) groups is 1. The van der Waals surface area contributed by atoms with Crippen LogP contribution in [0.4, 0.5) is 13.2 Å². The number of terminal acetylenes is 1. The van der Waals surface area contributed by atoms with E-state index in [1.807, 2.05) is 0 Å². The number of benzene rings is 1. The van der Waals surface area contributed by atoms with Gasteiger partial charge >= 0.3 is 12.1 Å². The van der Waals surface area contributed by atoms with Gasteiger partial charge in [-0.3, -0.25) is 4.79 Å². The second-order valence-corrected chi connectivity index (χ2v) is 4.75. The number of carboxylic acid groups (broad SMARTS) is 1. The maximum Gasteiger partial charge on any atom is 0.426 e. The van der Waals surface area contributed by atoms with Crippen LogP contribution in [0.25, 0.3) is 0 Å². The van der Waals surface area contributed by atoms with Crippen LogP contribution in [-0.4, -0.2) is 23.4 Å². The smallest absolute Gasteiger partial charge is 0.426 e. The number of fused-ring (bicyclic) bond motifs is 1. The molecule has 1 heterocycles. The summed E-state index contributed by atoms with van der Waals surface area (Å²) >= 11 is 5.79. The molecule has 0 saturated carbocycles. The highest BCUT2D eigenvalue weighted by molar-refractivity contribution is 6.30. The molecule has 0 spiro atoms. The first kappa shape index (κ1) is 14.5. The fourth-order valence-electron chi connectivity index (χ4n) is 2.11. The summed E-state index contributed by atoms with van der Waals surface area (Å²) < 4.78 is 43.5. The first-order valence-electron chi connectivity index (χ1n) is 5.49. The zero-order chi connectivity index (χ0) is 15.1. The van der Waals surface area contributed by atoms with E-state index in [0.717, 1.165) is 0 Å². The number of hydrogen-bond acceptors (Lipinski definition) is 2. The van der Waals surface area contributed by atoms with E-state index in [-0.39, 0.29) is 28.3 Å². The van der Waals surface area contributed by atoms with Gasteiger partial charge in [0.2, 0.25) is 6.10 Å². The van der Waals surface area contributed by atoms with Crippen molar-refractivity contribution in [1.29, 1.82) is 0 Å². The Morgan fingerprint density at radius 3 is 2.65 bits per heavy atom. The molecule has 2 atom stereocenters. The quantitative estimate of drug-likeness (QED) is 0.812. The van der Waals surface area contributed by atoms with E-state index < -0.39 is 24.2 Å². The van der Waals surface area contributed by atoms with Gasteiger partial charge in [0, 0.05) is 5.02 Å². The van der Waals surface area contributed by atoms with Crippen molar-refractivity contribution in [2.24, 2.45) is 5.92 Å². The summed E-state index contributed by atoms with van der Waals surface area (Å²) in [6, 6.07) is 2.66. The van der Waals surface area contributed by atoms with Gasteiger partial charge in [-0.05, 0) is 24.1 Å². The van der Waals surface area contributed by atoms with Crippen LogP contribution in [0.2, 0.25) is 5.02 Å². The average Bonchev–Trinajstić information content (AvgIpc) is 2.34. The molecular weight excluding hydrogens is 297 g/mol. The van der Waals surface area contributed by atoms with E-state index in [9.17, 15) is 18.0 Å². The van der Waals surface area contributed by atoms with Crippen LogP contribution in [0.5, 0.6) is 5.75 Å². The van der Waals surface area contributed by atoms with E-state index in [4.69, 9.17) is 27.9 Å². The molecule has 0 aromatic heterocycles. The zero-order valence-electron chi connectivity index (χ0n) is 9.87. The van der Waals surface area contributed by atoms with Crippen molar-refractivity contribution in [3.05, 3.63) is 28.3 Å². The van der Waals surface area contributed by atoms with Crippen LogP contribution in [-0.2, 0) is 11.2 Å². The standard InChI is InChI=1S/C13H8ClF3O3/c1-2-6-3-8(14)4-7-5-9(12(18)19)11(13(15,16)17)20-10(6)7/h1,3-4,9,11H,5H2,(H,18,19)/t9-,11+/m1/s1. The van der Waals surface area contributed by atoms with Crippen molar-refractivity contribution in [2.45, 2.75) is 18.7 Å². The Morgan fingerprint density at radius 1 is 1.50 bits per heavy atom. The van der Waals surface area contributed by atoms with Crippen LogP contribution < -0.4 is 4.74 Å². The number of halogens is 4. The summed E-state index contributed by atoms with van der Waals surface area (Å²) in [6.07, 6.45) is -2.37. The molecule has 1 N–H and O–H groups in total. The molecule has 1 aliphatic heterocycles. The molecular formula is C13H8ClF3O3. The maximum atomic E-state index is 12.9. The summed E-state index contributed by atoms with van der Waals surface area (Å²) in [7, 11) is 0. The molecule has 0 fully saturated rings. The Bertz CT molecular complexity index is 604. The van der Waals surface area contributed by atoms with Crippen LogP contribution in [0.1, 0.15) is 11.1 Å². The van der Waals surface area contributed by atoms with E-state index in [0.29, 0.717) is 0 Å². The first-order chi connectivity index (χ1) is 9.24. The molecule has 106 valence electrons. The SMILES string of the molecule is C#Cc1cc(Cl)cc2c1O[C@H](C(F)(F)F)[C@H](C(=O)O)C2. The third-order valence-corrected chi connectivity index (χ3v) is 3.19. The van der Waals surface area contributed by atoms with Gasteiger partial charge in [-0.1, -0.05) is 17.5 Å². The summed E-state index contributed by atoms with van der Waals surface area (Å²) in [5.74, 6) is -1.25. The molecule has 0 aliphatic carbocycles. The molecule has 1 aliphatic rings. The monoisotopic (exact) mass is 304 g/mol. The molecule has 1 aromatic carbocycles. The Morgan fingerprint density at radius 2 is 2.15 bits per heavy atom. The van der Waals surface area contributed by atoms with Crippen LogP contribution in [0.15, 0.2) is 12.1 Å². The Labute approximate surface area is 117 Å². The molecule has 0 radical (unpaired) electrons. The highest BCUT2D eigenvalue weighted by Gasteiger charge is 2.52. The number of aliphatic carboxylic acids is 1. The predicted octanol–water partition coefficient (Wildman–Crippen LogP) is 2.89. The second kappa shape index (κ2) is 4.91. The molecule has 0 saturated heterocycles. The fraction of sp³-hybridized carbons (Fsp3) is 0.308. The van der Waals surface area contributed by atoms with Gasteiger partial charge in [-0.15, -0.1) is 6.42 Å². The number of alkyl halides is 3. The van der Waals surface area contributed by atoms with Crippen molar-refractivity contribution >= 4 is 17.6 Å². The lowest BCUT2D eigenvalue weighted by Gasteiger charge is -2.33. The van der Waals surface area contributed by atoms with Crippen molar-refractivity contribution in [1.82, 2.24) is 0 Å². The van der Waals surface area contributed by atoms with E-state index >= 15 is 0 Å². The van der Waals surface area contributed by atoms with Gasteiger partial charge in [0.25, 0.3) is 0 Å².